The highest BCUT2D eigenvalue weighted by molar-refractivity contribution is 6.42. The molecule has 8 atom stereocenters. The van der Waals surface area contributed by atoms with Crippen molar-refractivity contribution in [1.82, 2.24) is 20.4 Å². The van der Waals surface area contributed by atoms with Gasteiger partial charge in [-0.3, -0.25) is 9.69 Å². The first kappa shape index (κ1) is 50.1. The number of aromatic hydroxyl groups is 1. The van der Waals surface area contributed by atoms with Crippen molar-refractivity contribution in [2.24, 2.45) is 5.92 Å². The number of rotatable bonds is 9. The fourth-order valence-corrected chi connectivity index (χ4v) is 12.1. The highest BCUT2D eigenvalue weighted by Crippen LogP contribution is 2.62. The second-order valence-corrected chi connectivity index (χ2v) is 20.3. The van der Waals surface area contributed by atoms with Crippen molar-refractivity contribution in [2.45, 2.75) is 80.9 Å². The van der Waals surface area contributed by atoms with Gasteiger partial charge in [-0.25, -0.2) is 4.39 Å². The number of carbonyl (C=O) groups excluding carboxylic acids is 1. The maximum atomic E-state index is 13.1. The lowest BCUT2D eigenvalue weighted by molar-refractivity contribution is -0.0453. The molecule has 370 valence electrons. The fourth-order valence-electron chi connectivity index (χ4n) is 11.6. The van der Waals surface area contributed by atoms with E-state index in [4.69, 9.17) is 54.7 Å². The smallest absolute Gasteiger partial charge is 0.255 e. The third kappa shape index (κ3) is 9.99. The van der Waals surface area contributed by atoms with Crippen LogP contribution in [0.1, 0.15) is 81.9 Å². The minimum absolute atomic E-state index is 0.145. The molecule has 6 N–H and O–H groups in total. The number of hydrogen-bond donors (Lipinski definition) is 5. The van der Waals surface area contributed by atoms with Crippen molar-refractivity contribution in [1.29, 1.82) is 0 Å². The van der Waals surface area contributed by atoms with Gasteiger partial charge in [-0.15, -0.1) is 0 Å². The summed E-state index contributed by atoms with van der Waals surface area (Å²) in [6, 6.07) is 28.9. The maximum absolute atomic E-state index is 13.1. The van der Waals surface area contributed by atoms with Crippen LogP contribution in [0, 0.1) is 11.7 Å². The van der Waals surface area contributed by atoms with Crippen molar-refractivity contribution in [3.63, 3.8) is 0 Å². The van der Waals surface area contributed by atoms with Crippen LogP contribution in [0.25, 0.3) is 0 Å². The van der Waals surface area contributed by atoms with E-state index in [1.54, 1.807) is 24.3 Å². The average molecular weight is 1010 g/mol. The predicted molar refractivity (Wildman–Crippen MR) is 274 cm³/mol. The number of fused-ring (bicyclic) bond motifs is 1. The van der Waals surface area contributed by atoms with E-state index in [9.17, 15) is 19.4 Å². The molecule has 5 aromatic rings. The summed E-state index contributed by atoms with van der Waals surface area (Å²) in [5.74, 6) is 1.45. The highest BCUT2D eigenvalue weighted by atomic mass is 35.5. The van der Waals surface area contributed by atoms with Gasteiger partial charge in [0, 0.05) is 67.1 Å². The molecule has 15 heteroatoms. The number of nitrogen functional groups attached to an aromatic ring is 1. The van der Waals surface area contributed by atoms with Crippen LogP contribution in [0.2, 0.25) is 15.1 Å². The average Bonchev–Trinajstić information content (AvgIpc) is 3.73. The Bertz CT molecular complexity index is 2730. The number of morpholine rings is 1. The van der Waals surface area contributed by atoms with Crippen molar-refractivity contribution in [3.8, 4) is 17.2 Å². The number of phenolic OH excluding ortho intramolecular Hbond substituents is 1. The van der Waals surface area contributed by atoms with Gasteiger partial charge in [0.1, 0.15) is 23.8 Å². The van der Waals surface area contributed by atoms with E-state index in [-0.39, 0.29) is 35.1 Å². The Kier molecular flexibility index (Phi) is 15.3. The second kappa shape index (κ2) is 21.4. The molecule has 6 aliphatic rings. The number of hydrogen-bond acceptors (Lipinski definition) is 10. The Morgan fingerprint density at radius 1 is 0.957 bits per heavy atom. The van der Waals surface area contributed by atoms with E-state index >= 15 is 0 Å². The quantitative estimate of drug-likeness (QED) is 0.0717. The topological polar surface area (TPSA) is 142 Å². The number of nitrogens with one attached hydrogen (secondary N) is 2. The number of phenols is 1. The minimum Gasteiger partial charge on any atom is -0.504 e. The normalized spacial score (nSPS) is 26.0. The molecule has 2 saturated heterocycles. The van der Waals surface area contributed by atoms with Crippen LogP contribution < -0.4 is 25.8 Å². The van der Waals surface area contributed by atoms with Crippen LogP contribution in [0.15, 0.2) is 103 Å². The zero-order valence-corrected chi connectivity index (χ0v) is 41.9. The number of nitrogens with two attached hydrogens (primary N) is 1. The molecular weight excluding hydrogens is 952 g/mol. The predicted octanol–water partition coefficient (Wildman–Crippen LogP) is 9.47. The molecular formula is C55H61Cl3FN5O6. The molecule has 0 aromatic heterocycles. The van der Waals surface area contributed by atoms with Crippen LogP contribution in [-0.4, -0.2) is 104 Å². The Hall–Kier alpha value is -4.89. The molecule has 11 rings (SSSR count). The number of ether oxygens (including phenoxy) is 3. The standard InChI is InChI=1S/C21H25ClFN3O3.C17H17Cl2N.C17H19NO3/c1-2-28-20-10-19(24)18(22)9-17(20)21(27)25-11-16-13-26(7-8-29-16)12-14-3-5-15(23)6-4-14;1-20-17-9-7-12(13-4-2-3-5-14(13)17)11-6-8-15(18)16(19)10-11;1-18-7-6-17-10-3-5-13(20)16(17)21-15-12(19)4-2-9(14(15)17)8-11(10)18/h3-6,9-10,16H,2,7-8,11-13,24H2,1H3,(H,25,27);2-6,8,10,12,17,20H,7,9H2,1H3;2-5,10-11,13,16,19-20H,6-8H2,1H3/t;12-,17-;10-,11+,13-,16-,17-/m.00/s1. The maximum Gasteiger partial charge on any atom is 0.255 e. The van der Waals surface area contributed by atoms with Gasteiger partial charge in [-0.05, 0) is 117 Å². The molecule has 1 unspecified atom stereocenters. The largest absolute Gasteiger partial charge is 0.504 e. The summed E-state index contributed by atoms with van der Waals surface area (Å²) in [7, 11) is 4.22. The van der Waals surface area contributed by atoms with Crippen LogP contribution >= 0.6 is 34.8 Å². The molecule has 5 aromatic carbocycles. The molecule has 2 bridgehead atoms. The van der Waals surface area contributed by atoms with E-state index in [1.807, 2.05) is 38.2 Å². The van der Waals surface area contributed by atoms with E-state index in [2.05, 4.69) is 63.9 Å². The molecule has 70 heavy (non-hydrogen) atoms. The molecule has 3 heterocycles. The third-order valence-corrected chi connectivity index (χ3v) is 16.1. The first-order valence-corrected chi connectivity index (χ1v) is 25.3. The number of nitrogens with zero attached hydrogens (tertiary/aromatic N) is 2. The first-order valence-electron chi connectivity index (χ1n) is 24.2. The number of piperidine rings is 1. The summed E-state index contributed by atoms with van der Waals surface area (Å²) < 4.78 is 30.4. The summed E-state index contributed by atoms with van der Waals surface area (Å²) in [6.07, 6.45) is 7.30. The molecule has 3 aliphatic heterocycles. The fraction of sp³-hybridized carbons (Fsp3) is 0.400. The van der Waals surface area contributed by atoms with Crippen molar-refractivity contribution in [2.75, 3.05) is 59.2 Å². The van der Waals surface area contributed by atoms with Crippen LogP contribution in [0.4, 0.5) is 10.1 Å². The summed E-state index contributed by atoms with van der Waals surface area (Å²) in [6.45, 7) is 6.32. The number of anilines is 1. The van der Waals surface area contributed by atoms with Gasteiger partial charge in [-0.2, -0.15) is 0 Å². The summed E-state index contributed by atoms with van der Waals surface area (Å²) in [4.78, 5) is 17.3. The Morgan fingerprint density at radius 2 is 1.74 bits per heavy atom. The van der Waals surface area contributed by atoms with Crippen LogP contribution in [0.5, 0.6) is 17.2 Å². The van der Waals surface area contributed by atoms with E-state index in [0.717, 1.165) is 44.3 Å². The van der Waals surface area contributed by atoms with E-state index in [1.165, 1.54) is 46.0 Å². The number of benzene rings is 5. The Labute approximate surface area is 424 Å². The lowest BCUT2D eigenvalue weighted by Gasteiger charge is -2.56. The van der Waals surface area contributed by atoms with E-state index in [0.29, 0.717) is 94.6 Å². The molecule has 11 nitrogen and oxygen atoms in total. The first-order chi connectivity index (χ1) is 33.8. The molecule has 1 spiro atoms. The van der Waals surface area contributed by atoms with Gasteiger partial charge in [-0.1, -0.05) is 95.5 Å². The van der Waals surface area contributed by atoms with Crippen molar-refractivity contribution >= 4 is 46.4 Å². The Morgan fingerprint density at radius 3 is 2.50 bits per heavy atom. The number of amides is 1. The van der Waals surface area contributed by atoms with Gasteiger partial charge < -0.3 is 45.7 Å². The zero-order chi connectivity index (χ0) is 49.3. The van der Waals surface area contributed by atoms with Crippen molar-refractivity contribution in [3.05, 3.63) is 163 Å². The summed E-state index contributed by atoms with van der Waals surface area (Å²) in [5.41, 5.74) is 13.9. The molecule has 3 aliphatic carbocycles. The van der Waals surface area contributed by atoms with Crippen LogP contribution in [-0.2, 0) is 23.1 Å². The zero-order valence-electron chi connectivity index (χ0n) is 39.6. The second-order valence-electron chi connectivity index (χ2n) is 19.1. The molecule has 1 amide bonds. The lowest BCUT2D eigenvalue weighted by atomic mass is 9.53. The molecule has 2 fully saturated rings. The van der Waals surface area contributed by atoms with Gasteiger partial charge >= 0.3 is 0 Å². The Balaban J connectivity index is 0.000000133. The minimum atomic E-state index is -0.594. The summed E-state index contributed by atoms with van der Waals surface area (Å²) >= 11 is 18.3. The van der Waals surface area contributed by atoms with Gasteiger partial charge in [0.15, 0.2) is 11.5 Å². The number of likely N-dealkylation sites (tertiary alicyclic amines) is 1. The van der Waals surface area contributed by atoms with Gasteiger partial charge in [0.2, 0.25) is 0 Å². The number of halogens is 4. The molecule has 0 saturated carbocycles. The SMILES string of the molecule is CCOc1cc(N)c(Cl)cc1C(=O)NCC1CN(Cc2ccc(F)cc2)CCO1.CN1CC[C@]23c4c5ccc(O)c4O[C@H]2[C@@H](O)C=C[C@H]3[C@H]1C5.CN[C@H]1CC[C@@H](c2ccc(Cl)c(Cl)c2)c2ccccc21. The third-order valence-electron chi connectivity index (χ3n) is 15.0. The lowest BCUT2D eigenvalue weighted by Crippen LogP contribution is -2.64. The number of likely N-dealkylation sites (N-methyl/N-ethyl adjacent to an activating group) is 1. The summed E-state index contributed by atoms with van der Waals surface area (Å²) in [5, 5.41) is 28.5. The number of aliphatic hydroxyl groups is 1. The number of aliphatic hydroxyl groups excluding tert-OH is 1. The van der Waals surface area contributed by atoms with Gasteiger partial charge in [0.25, 0.3) is 5.91 Å². The number of carbonyl (C=O) groups is 1. The van der Waals surface area contributed by atoms with Gasteiger partial charge in [0.05, 0.1) is 45.6 Å². The molecule has 0 radical (unpaired) electrons. The highest BCUT2D eigenvalue weighted by Gasteiger charge is 2.64. The van der Waals surface area contributed by atoms with Crippen LogP contribution in [0.3, 0.4) is 0 Å². The monoisotopic (exact) mass is 1010 g/mol. The van der Waals surface area contributed by atoms with Crippen molar-refractivity contribution < 1.29 is 33.6 Å². The van der Waals surface area contributed by atoms with E-state index < -0.39 is 6.10 Å².